The highest BCUT2D eigenvalue weighted by molar-refractivity contribution is 5.50. The van der Waals surface area contributed by atoms with Gasteiger partial charge in [-0.3, -0.25) is 10.1 Å². The van der Waals surface area contributed by atoms with Gasteiger partial charge in [0.2, 0.25) is 0 Å². The van der Waals surface area contributed by atoms with Crippen LogP contribution < -0.4 is 10.6 Å². The molecule has 1 heterocycles. The first-order valence-electron chi connectivity index (χ1n) is 5.08. The molecule has 1 rings (SSSR count). The molecule has 0 atom stereocenters. The lowest BCUT2D eigenvalue weighted by Crippen LogP contribution is -2.22. The predicted molar refractivity (Wildman–Crippen MR) is 62.6 cm³/mol. The smallest absolute Gasteiger partial charge is 0.277 e. The summed E-state index contributed by atoms with van der Waals surface area (Å²) in [5.74, 6) is 0.603. The summed E-state index contributed by atoms with van der Waals surface area (Å²) in [6.45, 7) is 3.01. The van der Waals surface area contributed by atoms with Gasteiger partial charge in [-0.15, -0.1) is 0 Å². The van der Waals surface area contributed by atoms with Crippen LogP contribution in [0.2, 0.25) is 0 Å². The van der Waals surface area contributed by atoms with Gasteiger partial charge in [-0.05, 0) is 19.9 Å². The Morgan fingerprint density at radius 2 is 2.31 bits per heavy atom. The Morgan fingerprint density at radius 1 is 1.62 bits per heavy atom. The Kier molecular flexibility index (Phi) is 4.19. The molecule has 1 aromatic rings. The molecule has 0 unspecified atom stereocenters. The quantitative estimate of drug-likeness (QED) is 0.597. The molecule has 16 heavy (non-hydrogen) atoms. The number of anilines is 1. The van der Waals surface area contributed by atoms with Crippen molar-refractivity contribution in [1.29, 1.82) is 0 Å². The number of nitrogens with zero attached hydrogens (tertiary/aromatic N) is 3. The zero-order chi connectivity index (χ0) is 12.1. The molecular formula is C10H16N4O2. The van der Waals surface area contributed by atoms with Crippen LogP contribution in [0.3, 0.4) is 0 Å². The minimum absolute atomic E-state index is 0.101. The molecule has 0 spiro atoms. The van der Waals surface area contributed by atoms with Gasteiger partial charge in [-0.25, -0.2) is 4.98 Å². The van der Waals surface area contributed by atoms with Gasteiger partial charge in [-0.2, -0.15) is 0 Å². The van der Waals surface area contributed by atoms with E-state index in [1.54, 1.807) is 6.92 Å². The molecule has 6 heteroatoms. The van der Waals surface area contributed by atoms with Crippen molar-refractivity contribution in [3.63, 3.8) is 0 Å². The summed E-state index contributed by atoms with van der Waals surface area (Å²) in [4.78, 5) is 16.4. The summed E-state index contributed by atoms with van der Waals surface area (Å²) in [5, 5.41) is 10.7. The lowest BCUT2D eigenvalue weighted by Gasteiger charge is -2.17. The second kappa shape index (κ2) is 5.41. The van der Waals surface area contributed by atoms with E-state index in [2.05, 4.69) is 4.98 Å². The van der Waals surface area contributed by atoms with E-state index in [1.807, 2.05) is 11.9 Å². The standard InChI is InChI=1S/C10H16N4O2/c1-8-7-12-10(6-9(8)14(15)16)13(2)5-3-4-11/h6-7H,3-5,11H2,1-2H3. The van der Waals surface area contributed by atoms with Crippen LogP contribution in [0.1, 0.15) is 12.0 Å². The van der Waals surface area contributed by atoms with E-state index in [-0.39, 0.29) is 5.69 Å². The molecule has 1 aromatic heterocycles. The number of nitrogens with two attached hydrogens (primary N) is 1. The van der Waals surface area contributed by atoms with Crippen LogP contribution >= 0.6 is 0 Å². The molecule has 6 nitrogen and oxygen atoms in total. The highest BCUT2D eigenvalue weighted by Gasteiger charge is 2.13. The first kappa shape index (κ1) is 12.4. The fraction of sp³-hybridized carbons (Fsp3) is 0.500. The average Bonchev–Trinajstić information content (AvgIpc) is 2.26. The molecule has 0 aromatic carbocycles. The minimum atomic E-state index is -0.392. The number of aromatic nitrogens is 1. The van der Waals surface area contributed by atoms with Crippen molar-refractivity contribution in [1.82, 2.24) is 4.98 Å². The fourth-order valence-corrected chi connectivity index (χ4v) is 1.35. The lowest BCUT2D eigenvalue weighted by molar-refractivity contribution is -0.385. The Balaban J connectivity index is 2.89. The molecule has 0 aliphatic carbocycles. The highest BCUT2D eigenvalue weighted by atomic mass is 16.6. The molecule has 0 radical (unpaired) electrons. The predicted octanol–water partition coefficient (Wildman–Crippen LogP) is 1.08. The van der Waals surface area contributed by atoms with Crippen LogP contribution in [0, 0.1) is 17.0 Å². The molecule has 88 valence electrons. The van der Waals surface area contributed by atoms with Crippen molar-refractivity contribution in [3.8, 4) is 0 Å². The zero-order valence-electron chi connectivity index (χ0n) is 9.51. The summed E-state index contributed by atoms with van der Waals surface area (Å²) in [6, 6.07) is 1.49. The molecule has 2 N–H and O–H groups in total. The molecule has 0 saturated heterocycles. The topological polar surface area (TPSA) is 85.3 Å². The van der Waals surface area contributed by atoms with E-state index < -0.39 is 4.92 Å². The van der Waals surface area contributed by atoms with Crippen LogP contribution in [0.25, 0.3) is 0 Å². The zero-order valence-corrected chi connectivity index (χ0v) is 9.51. The monoisotopic (exact) mass is 224 g/mol. The van der Waals surface area contributed by atoms with Crippen LogP contribution in [0.15, 0.2) is 12.3 Å². The van der Waals surface area contributed by atoms with Crippen LogP contribution in [0.4, 0.5) is 11.5 Å². The van der Waals surface area contributed by atoms with Crippen molar-refractivity contribution >= 4 is 11.5 Å². The lowest BCUT2D eigenvalue weighted by atomic mass is 10.2. The van der Waals surface area contributed by atoms with E-state index >= 15 is 0 Å². The summed E-state index contributed by atoms with van der Waals surface area (Å²) in [6.07, 6.45) is 2.35. The molecule has 0 amide bonds. The molecule has 0 aliphatic rings. The van der Waals surface area contributed by atoms with E-state index in [9.17, 15) is 10.1 Å². The second-order valence-electron chi connectivity index (χ2n) is 3.65. The highest BCUT2D eigenvalue weighted by Crippen LogP contribution is 2.21. The number of pyridine rings is 1. The van der Waals surface area contributed by atoms with Gasteiger partial charge in [0, 0.05) is 25.4 Å². The summed E-state index contributed by atoms with van der Waals surface area (Å²) in [7, 11) is 1.84. The van der Waals surface area contributed by atoms with Gasteiger partial charge in [0.25, 0.3) is 5.69 Å². The van der Waals surface area contributed by atoms with Crippen molar-refractivity contribution in [2.75, 3.05) is 25.0 Å². The van der Waals surface area contributed by atoms with Crippen molar-refractivity contribution in [3.05, 3.63) is 27.9 Å². The minimum Gasteiger partial charge on any atom is -0.359 e. The SMILES string of the molecule is Cc1cnc(N(C)CCCN)cc1[N+](=O)[O-]. The largest absolute Gasteiger partial charge is 0.359 e. The van der Waals surface area contributed by atoms with Crippen LogP contribution in [-0.4, -0.2) is 30.0 Å². The number of aryl methyl sites for hydroxylation is 1. The number of rotatable bonds is 5. The molecule has 0 saturated carbocycles. The Morgan fingerprint density at radius 3 is 2.88 bits per heavy atom. The maximum absolute atomic E-state index is 10.7. The fourth-order valence-electron chi connectivity index (χ4n) is 1.35. The Hall–Kier alpha value is -1.69. The van der Waals surface area contributed by atoms with E-state index in [0.717, 1.165) is 13.0 Å². The third-order valence-corrected chi connectivity index (χ3v) is 2.35. The third kappa shape index (κ3) is 2.90. The van der Waals surface area contributed by atoms with Gasteiger partial charge in [0.05, 0.1) is 11.0 Å². The van der Waals surface area contributed by atoms with Gasteiger partial charge >= 0.3 is 0 Å². The Labute approximate surface area is 94.2 Å². The summed E-state index contributed by atoms with van der Waals surface area (Å²) in [5.41, 5.74) is 6.07. The van der Waals surface area contributed by atoms with E-state index in [0.29, 0.717) is 17.9 Å². The van der Waals surface area contributed by atoms with Crippen LogP contribution in [0.5, 0.6) is 0 Å². The van der Waals surface area contributed by atoms with Gasteiger partial charge < -0.3 is 10.6 Å². The number of hydrogen-bond acceptors (Lipinski definition) is 5. The first-order chi connectivity index (χ1) is 7.56. The maximum Gasteiger partial charge on any atom is 0.277 e. The molecular weight excluding hydrogens is 208 g/mol. The van der Waals surface area contributed by atoms with Gasteiger partial charge in [-0.1, -0.05) is 0 Å². The average molecular weight is 224 g/mol. The molecule has 0 aliphatic heterocycles. The van der Waals surface area contributed by atoms with Crippen molar-refractivity contribution in [2.24, 2.45) is 5.73 Å². The summed E-state index contributed by atoms with van der Waals surface area (Å²) < 4.78 is 0. The first-order valence-corrected chi connectivity index (χ1v) is 5.08. The third-order valence-electron chi connectivity index (χ3n) is 2.35. The second-order valence-corrected chi connectivity index (χ2v) is 3.65. The van der Waals surface area contributed by atoms with Crippen molar-refractivity contribution in [2.45, 2.75) is 13.3 Å². The van der Waals surface area contributed by atoms with E-state index in [1.165, 1.54) is 12.3 Å². The van der Waals surface area contributed by atoms with Crippen LogP contribution in [-0.2, 0) is 0 Å². The van der Waals surface area contributed by atoms with Gasteiger partial charge in [0.15, 0.2) is 0 Å². The Bertz CT molecular complexity index is 381. The normalized spacial score (nSPS) is 10.2. The number of hydrogen-bond donors (Lipinski definition) is 1. The summed E-state index contributed by atoms with van der Waals surface area (Å²) >= 11 is 0. The number of nitro groups is 1. The van der Waals surface area contributed by atoms with Crippen molar-refractivity contribution < 1.29 is 4.92 Å². The van der Waals surface area contributed by atoms with Gasteiger partial charge in [0.1, 0.15) is 5.82 Å². The molecule has 0 bridgehead atoms. The molecule has 0 fully saturated rings. The van der Waals surface area contributed by atoms with E-state index in [4.69, 9.17) is 5.73 Å². The maximum atomic E-state index is 10.7.